The van der Waals surface area contributed by atoms with Crippen LogP contribution in [0.1, 0.15) is 44.9 Å². The number of piperidine rings is 4. The van der Waals surface area contributed by atoms with Crippen LogP contribution < -0.4 is 0 Å². The van der Waals surface area contributed by atoms with E-state index in [0.717, 1.165) is 51.7 Å². The summed E-state index contributed by atoms with van der Waals surface area (Å²) < 4.78 is 0.0772. The molecule has 0 saturated carbocycles. The zero-order valence-electron chi connectivity index (χ0n) is 11.6. The molecule has 0 aromatic rings. The highest BCUT2D eigenvalue weighted by Crippen LogP contribution is 2.47. The van der Waals surface area contributed by atoms with Gasteiger partial charge in [-0.25, -0.2) is 0 Å². The lowest BCUT2D eigenvalue weighted by Gasteiger charge is -2.64. The molecule has 4 rings (SSSR count). The van der Waals surface area contributed by atoms with E-state index in [0.29, 0.717) is 29.8 Å². The Labute approximate surface area is 114 Å². The average Bonchev–Trinajstić information content (AvgIpc) is 2.40. The van der Waals surface area contributed by atoms with Crippen molar-refractivity contribution in [3.8, 4) is 0 Å². The molecule has 106 valence electrons. The van der Waals surface area contributed by atoms with Gasteiger partial charge in [0.15, 0.2) is 0 Å². The number of rotatable bonds is 0. The highest BCUT2D eigenvalue weighted by atomic mass is 16.5. The molecular formula is C15H24N2O2. The highest BCUT2D eigenvalue weighted by Gasteiger charge is 2.55. The van der Waals surface area contributed by atoms with Crippen LogP contribution in [0, 0.1) is 17.0 Å². The Morgan fingerprint density at radius 1 is 1.11 bits per heavy atom. The van der Waals surface area contributed by atoms with Gasteiger partial charge in [0.25, 0.3) is 0 Å². The molecule has 4 aliphatic heterocycles. The molecule has 4 aliphatic rings. The molecule has 0 bridgehead atoms. The van der Waals surface area contributed by atoms with Gasteiger partial charge in [0.2, 0.25) is 5.91 Å². The number of hydrogen-bond donors (Lipinski definition) is 0. The Balaban J connectivity index is 1.69. The summed E-state index contributed by atoms with van der Waals surface area (Å²) in [6.45, 7) is 2.55. The summed E-state index contributed by atoms with van der Waals surface area (Å²) in [4.78, 5) is 14.3. The first kappa shape index (κ1) is 12.2. The van der Waals surface area contributed by atoms with Crippen LogP contribution in [0.15, 0.2) is 0 Å². The molecule has 0 spiro atoms. The third-order valence-electron chi connectivity index (χ3n) is 6.19. The molecule has 4 nitrogen and oxygen atoms in total. The molecule has 4 fully saturated rings. The van der Waals surface area contributed by atoms with Gasteiger partial charge in [0.05, 0.1) is 19.1 Å². The Morgan fingerprint density at radius 3 is 2.74 bits per heavy atom. The molecule has 0 aromatic heterocycles. The van der Waals surface area contributed by atoms with E-state index < -0.39 is 0 Å². The fourth-order valence-corrected chi connectivity index (χ4v) is 5.55. The SMILES string of the molecule is O=C1CCCC2[C@@H]3CCC[N@+]4([O-])CCC[C@H](CN12)C34. The van der Waals surface area contributed by atoms with Crippen molar-refractivity contribution in [1.29, 1.82) is 0 Å². The number of amides is 1. The van der Waals surface area contributed by atoms with Crippen LogP contribution in [-0.2, 0) is 4.79 Å². The summed E-state index contributed by atoms with van der Waals surface area (Å²) >= 11 is 0. The number of hydrogen-bond acceptors (Lipinski definition) is 2. The minimum absolute atomic E-state index is 0.0772. The molecule has 0 aliphatic carbocycles. The van der Waals surface area contributed by atoms with E-state index in [1.165, 1.54) is 12.8 Å². The average molecular weight is 264 g/mol. The van der Waals surface area contributed by atoms with E-state index in [9.17, 15) is 10.0 Å². The van der Waals surface area contributed by atoms with E-state index in [4.69, 9.17) is 0 Å². The molecular weight excluding hydrogens is 240 g/mol. The Hall–Kier alpha value is -0.610. The van der Waals surface area contributed by atoms with Crippen molar-refractivity contribution in [3.05, 3.63) is 5.21 Å². The Bertz CT molecular complexity index is 396. The number of carbonyl (C=O) groups excluding carboxylic acids is 1. The van der Waals surface area contributed by atoms with Crippen molar-refractivity contribution < 1.29 is 9.44 Å². The topological polar surface area (TPSA) is 43.4 Å². The van der Waals surface area contributed by atoms with Gasteiger partial charge < -0.3 is 14.8 Å². The van der Waals surface area contributed by atoms with Crippen LogP contribution >= 0.6 is 0 Å². The number of carbonyl (C=O) groups is 1. The quantitative estimate of drug-likeness (QED) is 0.495. The number of quaternary nitrogens is 1. The van der Waals surface area contributed by atoms with Crippen LogP contribution in [-0.4, -0.2) is 47.2 Å². The first-order chi connectivity index (χ1) is 9.19. The second kappa shape index (κ2) is 4.19. The maximum Gasteiger partial charge on any atom is 0.222 e. The van der Waals surface area contributed by atoms with Gasteiger partial charge in [-0.1, -0.05) is 0 Å². The fourth-order valence-electron chi connectivity index (χ4n) is 5.55. The highest BCUT2D eigenvalue weighted by molar-refractivity contribution is 5.77. The molecule has 4 heteroatoms. The predicted octanol–water partition coefficient (Wildman–Crippen LogP) is 1.88. The van der Waals surface area contributed by atoms with Gasteiger partial charge in [-0.05, 0) is 38.5 Å². The van der Waals surface area contributed by atoms with Crippen molar-refractivity contribution in [2.45, 2.75) is 57.0 Å². The smallest absolute Gasteiger partial charge is 0.222 e. The summed E-state index contributed by atoms with van der Waals surface area (Å²) in [5, 5.41) is 13.1. The molecule has 0 radical (unpaired) electrons. The number of hydroxylamine groups is 3. The lowest BCUT2D eigenvalue weighted by Crippen LogP contribution is -2.71. The summed E-state index contributed by atoms with van der Waals surface area (Å²) in [6, 6.07) is 0.710. The molecule has 19 heavy (non-hydrogen) atoms. The first-order valence-electron chi connectivity index (χ1n) is 8.06. The molecule has 4 saturated heterocycles. The zero-order valence-corrected chi connectivity index (χ0v) is 11.6. The maximum absolute atomic E-state index is 13.1. The van der Waals surface area contributed by atoms with Crippen molar-refractivity contribution in [3.63, 3.8) is 0 Å². The maximum atomic E-state index is 13.1. The van der Waals surface area contributed by atoms with Gasteiger partial charge in [-0.3, -0.25) is 4.79 Å². The van der Waals surface area contributed by atoms with Crippen LogP contribution in [0.2, 0.25) is 0 Å². The third kappa shape index (κ3) is 1.69. The van der Waals surface area contributed by atoms with Crippen molar-refractivity contribution in [2.75, 3.05) is 19.6 Å². The summed E-state index contributed by atoms with van der Waals surface area (Å²) in [7, 11) is 0. The van der Waals surface area contributed by atoms with Gasteiger partial charge in [0.1, 0.15) is 0 Å². The second-order valence-corrected chi connectivity index (χ2v) is 7.10. The molecule has 0 aromatic carbocycles. The lowest BCUT2D eigenvalue weighted by atomic mass is 9.67. The van der Waals surface area contributed by atoms with Crippen LogP contribution in [0.5, 0.6) is 0 Å². The van der Waals surface area contributed by atoms with Gasteiger partial charge in [-0.15, -0.1) is 0 Å². The Morgan fingerprint density at radius 2 is 1.89 bits per heavy atom. The molecule has 0 N–H and O–H groups in total. The largest absolute Gasteiger partial charge is 0.633 e. The van der Waals surface area contributed by atoms with Gasteiger partial charge in [0, 0.05) is 30.8 Å². The predicted molar refractivity (Wildman–Crippen MR) is 71.9 cm³/mol. The number of fused-ring (bicyclic) bond motifs is 2. The molecule has 5 atom stereocenters. The van der Waals surface area contributed by atoms with Crippen LogP contribution in [0.25, 0.3) is 0 Å². The zero-order chi connectivity index (χ0) is 13.0. The van der Waals surface area contributed by atoms with Crippen LogP contribution in [0.4, 0.5) is 0 Å². The first-order valence-corrected chi connectivity index (χ1v) is 8.06. The lowest BCUT2D eigenvalue weighted by molar-refractivity contribution is -0.925. The third-order valence-corrected chi connectivity index (χ3v) is 6.19. The van der Waals surface area contributed by atoms with E-state index in [2.05, 4.69) is 4.90 Å². The van der Waals surface area contributed by atoms with Crippen molar-refractivity contribution >= 4 is 5.91 Å². The normalized spacial score (nSPS) is 49.5. The fraction of sp³-hybridized carbons (Fsp3) is 0.933. The minimum Gasteiger partial charge on any atom is -0.633 e. The summed E-state index contributed by atoms with van der Waals surface area (Å²) in [6.07, 6.45) is 7.38. The molecule has 4 heterocycles. The Kier molecular flexibility index (Phi) is 2.68. The molecule has 1 amide bonds. The summed E-state index contributed by atoms with van der Waals surface area (Å²) in [5.74, 6) is 1.33. The summed E-state index contributed by atoms with van der Waals surface area (Å²) in [5.41, 5.74) is 0. The second-order valence-electron chi connectivity index (χ2n) is 7.10. The standard InChI is InChI=1S/C15H24N2O2/c18-14-7-1-6-13-12-5-3-9-17(19)8-2-4-11(15(12)17)10-16(13)14/h11-13,15H,1-10H2/t11-,12+,13?,15?,17-/m1/s1. The van der Waals surface area contributed by atoms with Crippen molar-refractivity contribution in [2.24, 2.45) is 11.8 Å². The molecule has 2 unspecified atom stereocenters. The van der Waals surface area contributed by atoms with Gasteiger partial charge in [-0.2, -0.15) is 0 Å². The van der Waals surface area contributed by atoms with Crippen LogP contribution in [0.3, 0.4) is 0 Å². The number of nitrogens with zero attached hydrogens (tertiary/aromatic N) is 2. The van der Waals surface area contributed by atoms with E-state index in [-0.39, 0.29) is 4.65 Å². The van der Waals surface area contributed by atoms with E-state index in [1.54, 1.807) is 0 Å². The monoisotopic (exact) mass is 264 g/mol. The van der Waals surface area contributed by atoms with E-state index in [1.807, 2.05) is 0 Å². The minimum atomic E-state index is 0.0772. The van der Waals surface area contributed by atoms with E-state index >= 15 is 0 Å². The van der Waals surface area contributed by atoms with Crippen molar-refractivity contribution in [1.82, 2.24) is 4.90 Å². The van der Waals surface area contributed by atoms with Gasteiger partial charge >= 0.3 is 0 Å².